The summed E-state index contributed by atoms with van der Waals surface area (Å²) >= 11 is 0. The first-order valence-electron chi connectivity index (χ1n) is 7.51. The van der Waals surface area contributed by atoms with E-state index in [2.05, 4.69) is 0 Å². The maximum absolute atomic E-state index is 13.4. The van der Waals surface area contributed by atoms with Gasteiger partial charge in [0.2, 0.25) is 0 Å². The Morgan fingerprint density at radius 1 is 0.459 bits per heavy atom. The average molecular weight is 630 g/mol. The third-order valence-corrected chi connectivity index (χ3v) is 4.96. The van der Waals surface area contributed by atoms with E-state index >= 15 is 0 Å². The summed E-state index contributed by atoms with van der Waals surface area (Å²) < 4.78 is 306. The molecule has 0 heterocycles. The van der Waals surface area contributed by atoms with Crippen LogP contribution in [0.4, 0.5) is 92.2 Å². The lowest BCUT2D eigenvalue weighted by atomic mass is 9.87. The summed E-state index contributed by atoms with van der Waals surface area (Å²) in [6.07, 6.45) is -7.41. The highest BCUT2D eigenvalue weighted by atomic mass is 32.2. The first-order chi connectivity index (χ1) is 15.6. The van der Waals surface area contributed by atoms with Gasteiger partial charge >= 0.3 is 68.9 Å². The maximum atomic E-state index is 13.4. The van der Waals surface area contributed by atoms with E-state index in [4.69, 9.17) is 4.55 Å². The molecule has 0 aromatic carbocycles. The molecule has 0 rings (SSSR count). The normalized spacial score (nSPS) is 16.8. The van der Waals surface area contributed by atoms with Crippen molar-refractivity contribution in [2.24, 2.45) is 0 Å². The van der Waals surface area contributed by atoms with Crippen molar-refractivity contribution in [2.45, 2.75) is 58.7 Å². The van der Waals surface area contributed by atoms with Crippen molar-refractivity contribution in [3.8, 4) is 0 Å². The monoisotopic (exact) mass is 630 g/mol. The van der Waals surface area contributed by atoms with E-state index in [-0.39, 0.29) is 0 Å². The van der Waals surface area contributed by atoms with Crippen molar-refractivity contribution >= 4 is 10.1 Å². The van der Waals surface area contributed by atoms with E-state index in [0.717, 1.165) is 0 Å². The summed E-state index contributed by atoms with van der Waals surface area (Å²) in [5.41, 5.74) is 0. The SMILES string of the molecule is O=S(=O)(O)C(F)(F)C(F)(F)C(F)(F)C(F)(F)C(F)(F)C(F)(F)C(F)(F)C(F)(F)C(F)(F)C(F)(F)OCF. The fourth-order valence-corrected chi connectivity index (χ4v) is 2.32. The fraction of sp³-hybridized carbons (Fsp3) is 1.00. The van der Waals surface area contributed by atoms with Crippen LogP contribution >= 0.6 is 0 Å². The second-order valence-electron chi connectivity index (χ2n) is 6.36. The summed E-state index contributed by atoms with van der Waals surface area (Å²) in [7, 11) is -8.10. The lowest BCUT2D eigenvalue weighted by Gasteiger charge is -2.44. The highest BCUT2D eigenvalue weighted by Crippen LogP contribution is 2.66. The molecule has 0 amide bonds. The Morgan fingerprint density at radius 2 is 0.676 bits per heavy atom. The molecule has 0 fully saturated rings. The minimum Gasteiger partial charge on any atom is -0.283 e. The van der Waals surface area contributed by atoms with Crippen molar-refractivity contribution in [1.82, 2.24) is 0 Å². The second kappa shape index (κ2) is 8.70. The van der Waals surface area contributed by atoms with Crippen LogP contribution in [0.3, 0.4) is 0 Å². The zero-order valence-electron chi connectivity index (χ0n) is 15.7. The molecule has 0 bridgehead atoms. The fourth-order valence-electron chi connectivity index (χ4n) is 1.87. The zero-order valence-corrected chi connectivity index (χ0v) is 16.5. The number of rotatable bonds is 12. The average Bonchev–Trinajstić information content (AvgIpc) is 2.65. The van der Waals surface area contributed by atoms with Crippen molar-refractivity contribution < 1.29 is 110 Å². The summed E-state index contributed by atoms with van der Waals surface area (Å²) in [6, 6.07) is 0. The highest BCUT2D eigenvalue weighted by Gasteiger charge is 2.98. The number of hydrogen-bond acceptors (Lipinski definition) is 3. The van der Waals surface area contributed by atoms with Gasteiger partial charge in [0.25, 0.3) is 0 Å². The molecular formula is C11H3F21O4S. The molecule has 26 heteroatoms. The van der Waals surface area contributed by atoms with Gasteiger partial charge in [-0.15, -0.1) is 0 Å². The van der Waals surface area contributed by atoms with Gasteiger partial charge in [-0.05, 0) is 0 Å². The third kappa shape index (κ3) is 4.23. The number of ether oxygens (including phenoxy) is 1. The van der Waals surface area contributed by atoms with E-state index in [9.17, 15) is 101 Å². The van der Waals surface area contributed by atoms with Gasteiger partial charge in [0.05, 0.1) is 0 Å². The topological polar surface area (TPSA) is 63.6 Å². The first-order valence-corrected chi connectivity index (χ1v) is 8.95. The maximum Gasteiger partial charge on any atom is 0.438 e. The van der Waals surface area contributed by atoms with Crippen molar-refractivity contribution in [3.05, 3.63) is 0 Å². The molecule has 0 unspecified atom stereocenters. The number of hydrogen-bond donors (Lipinski definition) is 1. The van der Waals surface area contributed by atoms with Gasteiger partial charge in [-0.3, -0.25) is 9.29 Å². The van der Waals surface area contributed by atoms with Gasteiger partial charge in [-0.25, -0.2) is 4.39 Å². The number of halogens is 21. The molecule has 0 aliphatic rings. The van der Waals surface area contributed by atoms with Gasteiger partial charge in [-0.2, -0.15) is 96.2 Å². The molecule has 1 N–H and O–H groups in total. The second-order valence-corrected chi connectivity index (χ2v) is 7.82. The van der Waals surface area contributed by atoms with Gasteiger partial charge in [0.1, 0.15) is 0 Å². The Labute approximate surface area is 187 Å². The molecule has 0 aromatic heterocycles. The van der Waals surface area contributed by atoms with Crippen LogP contribution in [0.2, 0.25) is 0 Å². The molecule has 37 heavy (non-hydrogen) atoms. The number of alkyl halides is 21. The minimum atomic E-state index is -9.37. The summed E-state index contributed by atoms with van der Waals surface area (Å²) in [6.45, 7) is -3.35. The van der Waals surface area contributed by atoms with Gasteiger partial charge in [0.15, 0.2) is 6.86 Å². The van der Waals surface area contributed by atoms with E-state index in [1.54, 1.807) is 0 Å². The van der Waals surface area contributed by atoms with E-state index in [1.807, 2.05) is 4.74 Å². The van der Waals surface area contributed by atoms with Crippen LogP contribution < -0.4 is 0 Å². The molecule has 0 atom stereocenters. The lowest BCUT2D eigenvalue weighted by Crippen LogP contribution is -2.77. The van der Waals surface area contributed by atoms with Gasteiger partial charge in [0, 0.05) is 0 Å². The Morgan fingerprint density at radius 3 is 0.892 bits per heavy atom. The Kier molecular flexibility index (Phi) is 8.33. The molecular weight excluding hydrogens is 627 g/mol. The lowest BCUT2D eigenvalue weighted by molar-refractivity contribution is -0.481. The van der Waals surface area contributed by atoms with Crippen LogP contribution in [0.5, 0.6) is 0 Å². The van der Waals surface area contributed by atoms with E-state index in [1.165, 1.54) is 0 Å². The van der Waals surface area contributed by atoms with Crippen LogP contribution in [0.1, 0.15) is 0 Å². The first kappa shape index (κ1) is 35.4. The molecule has 0 saturated carbocycles. The predicted octanol–water partition coefficient (Wildman–Crippen LogP) is 6.09. The molecule has 0 saturated heterocycles. The van der Waals surface area contributed by atoms with Crippen LogP contribution in [-0.4, -0.2) is 78.6 Å². The standard InChI is InChI=1S/C11H3F21O4S/c12-1-36-10(29,30)8(25,26)6(21,22)4(17,18)2(13,14)3(15,16)5(19,20)7(23,24)9(27,28)11(31,32)37(33,34)35/h1H2,(H,33,34,35). The van der Waals surface area contributed by atoms with Gasteiger partial charge in [-0.1, -0.05) is 0 Å². The van der Waals surface area contributed by atoms with E-state index in [0.29, 0.717) is 0 Å². The van der Waals surface area contributed by atoms with Crippen LogP contribution in [-0.2, 0) is 14.9 Å². The third-order valence-electron chi connectivity index (χ3n) is 4.05. The van der Waals surface area contributed by atoms with Crippen LogP contribution in [0.25, 0.3) is 0 Å². The van der Waals surface area contributed by atoms with Crippen molar-refractivity contribution in [3.63, 3.8) is 0 Å². The Bertz CT molecular complexity index is 954. The molecule has 0 spiro atoms. The molecule has 0 aliphatic heterocycles. The van der Waals surface area contributed by atoms with Crippen molar-refractivity contribution in [2.75, 3.05) is 6.86 Å². The summed E-state index contributed by atoms with van der Waals surface area (Å²) in [5, 5.41) is -8.07. The smallest absolute Gasteiger partial charge is 0.283 e. The Balaban J connectivity index is 7.22. The van der Waals surface area contributed by atoms with Crippen molar-refractivity contribution in [1.29, 1.82) is 0 Å². The van der Waals surface area contributed by atoms with E-state index < -0.39 is 75.7 Å². The zero-order chi connectivity index (χ0) is 30.9. The molecule has 0 radical (unpaired) electrons. The van der Waals surface area contributed by atoms with Crippen LogP contribution in [0.15, 0.2) is 0 Å². The Hall–Kier alpha value is -1.60. The van der Waals surface area contributed by atoms with Crippen LogP contribution in [0, 0.1) is 0 Å². The molecule has 224 valence electrons. The predicted molar refractivity (Wildman–Crippen MR) is 68.1 cm³/mol. The minimum absolute atomic E-state index is 1.88. The largest absolute Gasteiger partial charge is 0.438 e. The molecule has 0 aliphatic carbocycles. The summed E-state index contributed by atoms with van der Waals surface area (Å²) in [5.74, 6) is -72.2. The molecule has 0 aromatic rings. The molecule has 4 nitrogen and oxygen atoms in total. The quantitative estimate of drug-likeness (QED) is 0.210. The van der Waals surface area contributed by atoms with Gasteiger partial charge < -0.3 is 0 Å². The summed E-state index contributed by atoms with van der Waals surface area (Å²) in [4.78, 5) is 0. The highest BCUT2D eigenvalue weighted by molar-refractivity contribution is 7.87.